The number of nitrogens with one attached hydrogen (secondary N) is 4. The second-order valence-corrected chi connectivity index (χ2v) is 31.0. The molecular weight excluding hydrogens is 2080 g/mol. The van der Waals surface area contributed by atoms with E-state index >= 15 is 0 Å². The minimum absolute atomic E-state index is 0.0147. The Balaban J connectivity index is 0.000000221. The number of aromatic nitrogens is 15. The van der Waals surface area contributed by atoms with Gasteiger partial charge in [0.2, 0.25) is 40.6 Å². The van der Waals surface area contributed by atoms with E-state index < -0.39 is 169 Å². The lowest BCUT2D eigenvalue weighted by molar-refractivity contribution is 0.0503. The average molecular weight is 2160 g/mol. The third-order valence-corrected chi connectivity index (χ3v) is 20.9. The summed E-state index contributed by atoms with van der Waals surface area (Å²) in [6.07, 6.45) is 3.35. The van der Waals surface area contributed by atoms with E-state index in [0.717, 1.165) is 91.2 Å². The third-order valence-electron chi connectivity index (χ3n) is 19.0. The predicted molar refractivity (Wildman–Crippen MR) is 495 cm³/mol. The lowest BCUT2D eigenvalue weighted by Gasteiger charge is -2.17. The number of hydrogen-bond donors (Lipinski definition) is 6. The van der Waals surface area contributed by atoms with E-state index in [1.54, 1.807) is 90.5 Å². The largest absolute Gasteiger partial charge is 0.493 e. The molecule has 0 bridgehead atoms. The summed E-state index contributed by atoms with van der Waals surface area (Å²) in [5.74, 6) is -23.5. The van der Waals surface area contributed by atoms with Crippen molar-refractivity contribution in [1.82, 2.24) is 74.2 Å². The van der Waals surface area contributed by atoms with Crippen LogP contribution in [0.1, 0.15) is 113 Å². The molecule has 0 aliphatic rings. The van der Waals surface area contributed by atoms with Gasteiger partial charge in [-0.1, -0.05) is 39.5 Å². The molecule has 6 N–H and O–H groups in total. The SMILES string of the molecule is CCOC(=O)c1nn(Cc2cc(F)c(F)c(F)c2)c(Nc2cc(OC)c(OC)cc2C)nc1=O.CCOC(=O)c1nn(Cc2cc(F)c(F)c(F)c2)c(SC)nc1=O.CCOC(=O)c1nnc(SC)[nH]c1=O.COc1cc(C)c(Nc2nc(=O)c(C(=O)O)nn2Cc2cc(F)c(F)c(F)c2)cc1OC.COc1cc(C)c(Nc2nc(=O)c(CO)nn2Cc2cc(F)c(F)c(F)c2)cc1OC.Fc1cc(CBr)cc(F)c1F. The number of nitrogens with zero attached hydrogens (tertiary/aromatic N) is 14. The van der Waals surface area contributed by atoms with Gasteiger partial charge in [-0.25, -0.2) is 104 Å². The second kappa shape index (κ2) is 53.4. The van der Waals surface area contributed by atoms with Crippen molar-refractivity contribution >= 4 is 98.2 Å². The number of aryl methyl sites for hydroxylation is 3. The Bertz CT molecular complexity index is 7240. The number of halogens is 16. The van der Waals surface area contributed by atoms with Gasteiger partial charge >= 0.3 is 40.6 Å². The van der Waals surface area contributed by atoms with Crippen LogP contribution in [0.3, 0.4) is 0 Å². The Hall–Kier alpha value is -16.0. The molecule has 0 aliphatic heterocycles. The number of ether oxygens (including phenoxy) is 9. The average Bonchev–Trinajstić information content (AvgIpc) is 0.793. The fraction of sp³-hybridized carbons (Fsp3) is 0.256. The topological polar surface area (TPSA) is 478 Å². The standard InChI is InChI=1S/C22H21F3N4O5.C20H17F3N4O5.C20H19F3N4O4.C14H12F3N3O3S.C7H4BrF3.C7H9N3O3S/c1-5-34-21(31)19-20(30)27-22(26-15-9-17(33-4)16(32-3)6-11(15)2)29(28-19)10-12-7-13(23)18(25)14(24)8-12;1-9-4-14(31-2)15(32-3)7-13(9)24-20-25-18(28)17(19(29)30)26-27(20)8-10-5-11(21)16(23)12(22)6-10;1-10-4-16(30-2)17(31-3)7-14(10)24-20-25-19(29)15(9-28)26-27(20)8-11-5-12(21)18(23)13(22)6-11;1-3-23-13(22)11-12(21)18-14(24-2)20(19-11)6-7-4-8(15)10(17)9(16)5-7;8-3-4-1-5(9)7(11)6(10)2-4;1-3-13-6(12)4-5(11)8-7(14-2)10-9-4/h6-9H,5,10H2,1-4H3,(H,26,27,30);4-7H,8H2,1-3H3,(H,29,30)(H,24,25,28);4-7,28H,8-9H2,1-3H3,(H,24,25,29);4-5H,3,6H2,1-2H3;1-2H,3H2;3H2,1-2H3,(H,8,10,11). The first-order chi connectivity index (χ1) is 69.3. The van der Waals surface area contributed by atoms with Crippen LogP contribution in [0.2, 0.25) is 0 Å². The van der Waals surface area contributed by atoms with Crippen molar-refractivity contribution in [3.8, 4) is 34.5 Å². The van der Waals surface area contributed by atoms with Gasteiger partial charge in [0.15, 0.2) is 138 Å². The minimum Gasteiger partial charge on any atom is -0.493 e. The van der Waals surface area contributed by atoms with Crippen LogP contribution < -0.4 is 72.2 Å². The van der Waals surface area contributed by atoms with Crippen molar-refractivity contribution in [2.24, 2.45) is 0 Å². The molecule has 56 heteroatoms. The zero-order chi connectivity index (χ0) is 108. The van der Waals surface area contributed by atoms with Crippen molar-refractivity contribution in [3.05, 3.63) is 309 Å². The monoisotopic (exact) mass is 2160 g/mol. The van der Waals surface area contributed by atoms with Gasteiger partial charge in [-0.15, -0.1) is 10.2 Å². The van der Waals surface area contributed by atoms with Crippen LogP contribution in [0.15, 0.2) is 131 Å². The van der Waals surface area contributed by atoms with Crippen molar-refractivity contribution in [2.75, 3.05) is 90.9 Å². The molecule has 0 spiro atoms. The third kappa shape index (κ3) is 30.1. The number of methoxy groups -OCH3 is 6. The Kier molecular flexibility index (Phi) is 42.1. The number of benzene rings is 8. The summed E-state index contributed by atoms with van der Waals surface area (Å²) in [6.45, 7) is 8.27. The molecule has 13 rings (SSSR count). The number of carbonyl (C=O) groups is 4. The van der Waals surface area contributed by atoms with Gasteiger partial charge in [-0.2, -0.15) is 40.3 Å². The fourth-order valence-electron chi connectivity index (χ4n) is 12.1. The minimum atomic E-state index is -1.65. The fourth-order valence-corrected chi connectivity index (χ4v) is 13.2. The molecule has 0 aliphatic carbocycles. The molecule has 0 radical (unpaired) electrons. The highest BCUT2D eigenvalue weighted by Gasteiger charge is 2.27. The summed E-state index contributed by atoms with van der Waals surface area (Å²) in [7, 11) is 8.74. The van der Waals surface area contributed by atoms with Gasteiger partial charge in [0.25, 0.3) is 11.1 Å². The van der Waals surface area contributed by atoms with E-state index in [2.05, 4.69) is 92.1 Å². The van der Waals surface area contributed by atoms with Crippen LogP contribution in [0.4, 0.5) is 101 Å². The molecular formula is C90H82BrF15N18O20S2. The van der Waals surface area contributed by atoms with Gasteiger partial charge in [0, 0.05) is 40.6 Å². The highest BCUT2D eigenvalue weighted by atomic mass is 79.9. The molecule has 0 fully saturated rings. The highest BCUT2D eigenvalue weighted by Crippen LogP contribution is 2.38. The Morgan fingerprint density at radius 2 is 0.644 bits per heavy atom. The smallest absolute Gasteiger partial charge is 0.364 e. The summed E-state index contributed by atoms with van der Waals surface area (Å²) in [5, 5.41) is 50.7. The molecule has 0 unspecified atom stereocenters. The summed E-state index contributed by atoms with van der Waals surface area (Å²) in [5.41, 5.74) is -3.28. The summed E-state index contributed by atoms with van der Waals surface area (Å²) in [4.78, 5) is 124. The first-order valence-corrected chi connectivity index (χ1v) is 44.9. The lowest BCUT2D eigenvalue weighted by atomic mass is 10.1. The van der Waals surface area contributed by atoms with Crippen molar-refractivity contribution < 1.29 is 138 Å². The highest BCUT2D eigenvalue weighted by molar-refractivity contribution is 9.08. The first-order valence-electron chi connectivity index (χ1n) is 41.4. The second-order valence-electron chi connectivity index (χ2n) is 28.8. The molecule has 13 aromatic rings. The lowest BCUT2D eigenvalue weighted by Crippen LogP contribution is -2.28. The van der Waals surface area contributed by atoms with Crippen molar-refractivity contribution in [1.29, 1.82) is 0 Å². The van der Waals surface area contributed by atoms with E-state index in [0.29, 0.717) is 84.3 Å². The van der Waals surface area contributed by atoms with Gasteiger partial charge in [-0.3, -0.25) is 29.0 Å². The van der Waals surface area contributed by atoms with E-state index in [-0.39, 0.29) is 96.1 Å². The number of aromatic amines is 1. The molecule has 5 heterocycles. The van der Waals surface area contributed by atoms with Crippen molar-refractivity contribution in [2.45, 2.75) is 90.0 Å². The summed E-state index contributed by atoms with van der Waals surface area (Å²) < 4.78 is 248. The molecule has 0 amide bonds. The van der Waals surface area contributed by atoms with Crippen LogP contribution in [0.25, 0.3) is 0 Å². The van der Waals surface area contributed by atoms with Crippen LogP contribution in [-0.2, 0) is 52.3 Å². The van der Waals surface area contributed by atoms with Gasteiger partial charge in [-0.05, 0) is 177 Å². The normalized spacial score (nSPS) is 10.6. The Labute approximate surface area is 830 Å². The number of aliphatic hydroxyl groups excluding tert-OH is 1. The number of alkyl halides is 1. The number of aromatic carboxylic acids is 1. The molecule has 38 nitrogen and oxygen atoms in total. The summed E-state index contributed by atoms with van der Waals surface area (Å²) in [6, 6.07) is 17.9. The number of thioether (sulfide) groups is 2. The zero-order valence-corrected chi connectivity index (χ0v) is 81.7. The van der Waals surface area contributed by atoms with E-state index in [1.807, 2.05) is 0 Å². The van der Waals surface area contributed by atoms with Crippen LogP contribution in [0, 0.1) is 108 Å². The Morgan fingerprint density at radius 1 is 0.370 bits per heavy atom. The number of carboxylic acids is 1. The predicted octanol–water partition coefficient (Wildman–Crippen LogP) is 14.0. The molecule has 146 heavy (non-hydrogen) atoms. The molecule has 0 saturated carbocycles. The zero-order valence-electron chi connectivity index (χ0n) is 78.5. The number of esters is 3. The number of H-pyrrole nitrogens is 1. The molecule has 0 saturated heterocycles. The number of carboxylic acid groups (broad SMARTS) is 1. The molecule has 8 aromatic carbocycles. The maximum absolute atomic E-state index is 13.7. The number of aliphatic hydroxyl groups is 1. The van der Waals surface area contributed by atoms with E-state index in [4.69, 9.17) is 37.9 Å². The van der Waals surface area contributed by atoms with Gasteiger partial charge in [0.1, 0.15) is 0 Å². The molecule has 0 atom stereocenters. The first kappa shape index (κ1) is 115. The number of anilines is 6. The quantitative estimate of drug-likeness (QED) is 0.00587. The van der Waals surface area contributed by atoms with Crippen LogP contribution in [0.5, 0.6) is 34.5 Å². The number of carbonyl (C=O) groups excluding carboxylic acids is 3. The molecule has 776 valence electrons. The molecule has 5 aromatic heterocycles. The Morgan fingerprint density at radius 3 is 0.932 bits per heavy atom. The van der Waals surface area contributed by atoms with Crippen LogP contribution in [-0.4, -0.2) is 183 Å². The maximum Gasteiger partial charge on any atom is 0.364 e. The van der Waals surface area contributed by atoms with E-state index in [1.165, 1.54) is 54.4 Å². The van der Waals surface area contributed by atoms with Gasteiger partial charge in [0.05, 0.1) is 95.3 Å². The van der Waals surface area contributed by atoms with E-state index in [9.17, 15) is 119 Å². The summed E-state index contributed by atoms with van der Waals surface area (Å²) >= 11 is 5.28. The van der Waals surface area contributed by atoms with Gasteiger partial charge < -0.3 is 68.8 Å². The number of hydrogen-bond acceptors (Lipinski definition) is 34. The number of rotatable bonds is 31. The maximum atomic E-state index is 13.7. The van der Waals surface area contributed by atoms with Crippen molar-refractivity contribution in [3.63, 3.8) is 0 Å². The van der Waals surface area contributed by atoms with Crippen LogP contribution >= 0.6 is 39.5 Å².